The monoisotopic (exact) mass is 205 g/mol. The fraction of sp³-hybridized carbons (Fsp3) is 0.385. The summed E-state index contributed by atoms with van der Waals surface area (Å²) in [6, 6.07) is 4.93. The minimum Gasteiger partial charge on any atom is -0.358 e. The summed E-state index contributed by atoms with van der Waals surface area (Å²) >= 11 is 0. The molecule has 80 valence electrons. The minimum atomic E-state index is -0.161. The highest BCUT2D eigenvalue weighted by atomic mass is 19.1. The second-order valence-electron chi connectivity index (χ2n) is 4.52. The molecule has 1 aromatic carbocycles. The molecule has 1 aromatic heterocycles. The Balaban J connectivity index is 2.60. The van der Waals surface area contributed by atoms with E-state index in [1.165, 1.54) is 11.6 Å². The van der Waals surface area contributed by atoms with E-state index in [1.54, 1.807) is 6.07 Å². The molecule has 2 aromatic rings. The van der Waals surface area contributed by atoms with Crippen molar-refractivity contribution in [1.82, 2.24) is 4.98 Å². The number of fused-ring (bicyclic) bond motifs is 1. The number of hydrogen-bond acceptors (Lipinski definition) is 0. The molecule has 1 nitrogen and oxygen atoms in total. The van der Waals surface area contributed by atoms with E-state index in [-0.39, 0.29) is 5.82 Å². The zero-order chi connectivity index (χ0) is 11.0. The van der Waals surface area contributed by atoms with Crippen molar-refractivity contribution < 1.29 is 4.39 Å². The van der Waals surface area contributed by atoms with Crippen LogP contribution in [0.25, 0.3) is 10.9 Å². The van der Waals surface area contributed by atoms with Crippen molar-refractivity contribution in [3.05, 3.63) is 35.3 Å². The van der Waals surface area contributed by atoms with Gasteiger partial charge >= 0.3 is 0 Å². The van der Waals surface area contributed by atoms with E-state index >= 15 is 0 Å². The van der Waals surface area contributed by atoms with Gasteiger partial charge in [0.1, 0.15) is 5.82 Å². The van der Waals surface area contributed by atoms with Gasteiger partial charge < -0.3 is 4.98 Å². The Bertz CT molecular complexity index is 482. The van der Waals surface area contributed by atoms with Crippen LogP contribution >= 0.6 is 0 Å². The molecule has 1 N–H and O–H groups in total. The van der Waals surface area contributed by atoms with Gasteiger partial charge in [0.15, 0.2) is 0 Å². The molecule has 0 fully saturated rings. The first-order valence-corrected chi connectivity index (χ1v) is 5.34. The first-order valence-electron chi connectivity index (χ1n) is 5.34. The second-order valence-corrected chi connectivity index (χ2v) is 4.52. The van der Waals surface area contributed by atoms with Crippen LogP contribution in [0.5, 0.6) is 0 Å². The highest BCUT2D eigenvalue weighted by molar-refractivity contribution is 5.84. The van der Waals surface area contributed by atoms with Gasteiger partial charge in [-0.1, -0.05) is 13.8 Å². The van der Waals surface area contributed by atoms with E-state index < -0.39 is 0 Å². The second kappa shape index (κ2) is 3.69. The van der Waals surface area contributed by atoms with Gasteiger partial charge in [0, 0.05) is 16.6 Å². The number of rotatable bonds is 2. The van der Waals surface area contributed by atoms with Gasteiger partial charge in [-0.25, -0.2) is 4.39 Å². The first kappa shape index (κ1) is 10.2. The molecule has 0 amide bonds. The standard InChI is InChI=1S/C13H16FN/c1-8(2)6-11-9(3)15-13-5-4-10(14)7-12(11)13/h4-5,7-8,15H,6H2,1-3H3. The zero-order valence-electron chi connectivity index (χ0n) is 9.39. The van der Waals surface area contributed by atoms with Crippen molar-refractivity contribution in [3.8, 4) is 0 Å². The normalized spacial score (nSPS) is 11.5. The summed E-state index contributed by atoms with van der Waals surface area (Å²) in [6.45, 7) is 6.41. The van der Waals surface area contributed by atoms with Crippen LogP contribution in [0.1, 0.15) is 25.1 Å². The lowest BCUT2D eigenvalue weighted by molar-refractivity contribution is 0.628. The summed E-state index contributed by atoms with van der Waals surface area (Å²) in [4.78, 5) is 3.29. The third-order valence-electron chi connectivity index (χ3n) is 2.69. The predicted octanol–water partition coefficient (Wildman–Crippen LogP) is 3.81. The van der Waals surface area contributed by atoms with E-state index in [0.717, 1.165) is 23.0 Å². The van der Waals surface area contributed by atoms with E-state index in [9.17, 15) is 4.39 Å². The van der Waals surface area contributed by atoms with Crippen molar-refractivity contribution in [2.75, 3.05) is 0 Å². The molecule has 2 rings (SSSR count). The topological polar surface area (TPSA) is 15.8 Å². The van der Waals surface area contributed by atoms with Crippen LogP contribution < -0.4 is 0 Å². The number of aryl methyl sites for hydroxylation is 1. The van der Waals surface area contributed by atoms with Crippen molar-refractivity contribution >= 4 is 10.9 Å². The Hall–Kier alpha value is -1.31. The summed E-state index contributed by atoms with van der Waals surface area (Å²) < 4.78 is 13.1. The van der Waals surface area contributed by atoms with Crippen LogP contribution in [-0.4, -0.2) is 4.98 Å². The van der Waals surface area contributed by atoms with Crippen LogP contribution in [0.15, 0.2) is 18.2 Å². The van der Waals surface area contributed by atoms with Gasteiger partial charge in [-0.2, -0.15) is 0 Å². The van der Waals surface area contributed by atoms with Crippen LogP contribution in [0.3, 0.4) is 0 Å². The third kappa shape index (κ3) is 1.89. The molecule has 0 aliphatic carbocycles. The summed E-state index contributed by atoms with van der Waals surface area (Å²) in [5.74, 6) is 0.428. The number of aromatic nitrogens is 1. The molecule has 15 heavy (non-hydrogen) atoms. The molecule has 2 heteroatoms. The summed E-state index contributed by atoms with van der Waals surface area (Å²) in [5, 5.41) is 1.03. The maximum absolute atomic E-state index is 13.1. The van der Waals surface area contributed by atoms with Gasteiger partial charge in [-0.3, -0.25) is 0 Å². The quantitative estimate of drug-likeness (QED) is 0.767. The average molecular weight is 205 g/mol. The van der Waals surface area contributed by atoms with E-state index in [1.807, 2.05) is 6.07 Å². The molecular formula is C13H16FN. The highest BCUT2D eigenvalue weighted by Gasteiger charge is 2.10. The Labute approximate surface area is 89.3 Å². The molecule has 0 aliphatic rings. The minimum absolute atomic E-state index is 0.161. The first-order chi connectivity index (χ1) is 7.08. The number of hydrogen-bond donors (Lipinski definition) is 1. The average Bonchev–Trinajstić information content (AvgIpc) is 2.43. The van der Waals surface area contributed by atoms with Crippen molar-refractivity contribution in [2.24, 2.45) is 5.92 Å². The molecule has 0 spiro atoms. The molecule has 0 saturated carbocycles. The molecule has 0 atom stereocenters. The maximum Gasteiger partial charge on any atom is 0.123 e. The molecule has 0 aliphatic heterocycles. The molecular weight excluding hydrogens is 189 g/mol. The Morgan fingerprint density at radius 3 is 2.73 bits per heavy atom. The fourth-order valence-corrected chi connectivity index (χ4v) is 2.03. The molecule has 0 bridgehead atoms. The smallest absolute Gasteiger partial charge is 0.123 e. The molecule has 0 radical (unpaired) electrons. The molecule has 0 saturated heterocycles. The number of halogens is 1. The van der Waals surface area contributed by atoms with Gasteiger partial charge in [-0.05, 0) is 43.0 Å². The van der Waals surface area contributed by atoms with Gasteiger partial charge in [-0.15, -0.1) is 0 Å². The molecule has 0 unspecified atom stereocenters. The number of nitrogens with one attached hydrogen (secondary N) is 1. The Kier molecular flexibility index (Phi) is 2.51. The lowest BCUT2D eigenvalue weighted by Crippen LogP contribution is -1.94. The molecule has 1 heterocycles. The van der Waals surface area contributed by atoms with Crippen LogP contribution in [-0.2, 0) is 6.42 Å². The lowest BCUT2D eigenvalue weighted by atomic mass is 10.0. The summed E-state index contributed by atoms with van der Waals surface area (Å²) in [5.41, 5.74) is 3.44. The van der Waals surface area contributed by atoms with Gasteiger partial charge in [0.05, 0.1) is 0 Å². The van der Waals surface area contributed by atoms with E-state index in [4.69, 9.17) is 0 Å². The predicted molar refractivity (Wildman–Crippen MR) is 61.5 cm³/mol. The SMILES string of the molecule is Cc1[nH]c2ccc(F)cc2c1CC(C)C. The largest absolute Gasteiger partial charge is 0.358 e. The van der Waals surface area contributed by atoms with Crippen molar-refractivity contribution in [2.45, 2.75) is 27.2 Å². The van der Waals surface area contributed by atoms with E-state index in [0.29, 0.717) is 5.92 Å². The lowest BCUT2D eigenvalue weighted by Gasteiger charge is -2.04. The van der Waals surface area contributed by atoms with Crippen LogP contribution in [0.2, 0.25) is 0 Å². The van der Waals surface area contributed by atoms with Crippen LogP contribution in [0, 0.1) is 18.7 Å². The Morgan fingerprint density at radius 1 is 1.33 bits per heavy atom. The summed E-state index contributed by atoms with van der Waals surface area (Å²) in [7, 11) is 0. The van der Waals surface area contributed by atoms with Crippen LogP contribution in [0.4, 0.5) is 4.39 Å². The van der Waals surface area contributed by atoms with Crippen molar-refractivity contribution in [3.63, 3.8) is 0 Å². The van der Waals surface area contributed by atoms with Crippen molar-refractivity contribution in [1.29, 1.82) is 0 Å². The van der Waals surface area contributed by atoms with E-state index in [2.05, 4.69) is 25.8 Å². The number of aromatic amines is 1. The maximum atomic E-state index is 13.1. The summed E-state index contributed by atoms with van der Waals surface area (Å²) in [6.07, 6.45) is 0.995. The number of H-pyrrole nitrogens is 1. The number of benzene rings is 1. The fourth-order valence-electron chi connectivity index (χ4n) is 2.03. The highest BCUT2D eigenvalue weighted by Crippen LogP contribution is 2.25. The van der Waals surface area contributed by atoms with Gasteiger partial charge in [0.25, 0.3) is 0 Å². The third-order valence-corrected chi connectivity index (χ3v) is 2.69. The van der Waals surface area contributed by atoms with Gasteiger partial charge in [0.2, 0.25) is 0 Å². The Morgan fingerprint density at radius 2 is 2.07 bits per heavy atom. The zero-order valence-corrected chi connectivity index (χ0v) is 9.39.